The van der Waals surface area contributed by atoms with Crippen molar-refractivity contribution in [2.45, 2.75) is 0 Å². The summed E-state index contributed by atoms with van der Waals surface area (Å²) in [7, 11) is 0. The predicted molar refractivity (Wildman–Crippen MR) is 90.9 cm³/mol. The summed E-state index contributed by atoms with van der Waals surface area (Å²) in [5.41, 5.74) is 1.97. The summed E-state index contributed by atoms with van der Waals surface area (Å²) >= 11 is 3.36. The van der Waals surface area contributed by atoms with Gasteiger partial charge in [-0.2, -0.15) is 0 Å². The second kappa shape index (κ2) is 4.59. The molecule has 0 saturated heterocycles. The van der Waals surface area contributed by atoms with Crippen LogP contribution in [0, 0.1) is 0 Å². The molecule has 3 heterocycles. The Balaban J connectivity index is 1.53. The summed E-state index contributed by atoms with van der Waals surface area (Å²) in [6, 6.07) is 12.4. The number of thiophene rings is 1. The standard InChI is InChI=1S/C16H10N2O2S2/c1-2-14-9(3-4-21-14)5-10(1)17-16-18-11-6-12-13(20-8-19-12)7-15(11)22-16/h1-7H,8H2,(H,17,18). The molecular formula is C16H10N2O2S2. The van der Waals surface area contributed by atoms with Crippen LogP contribution in [0.1, 0.15) is 0 Å². The number of rotatable bonds is 2. The molecular weight excluding hydrogens is 316 g/mol. The lowest BCUT2D eigenvalue weighted by Crippen LogP contribution is -1.92. The Bertz CT molecular complexity index is 965. The quantitative estimate of drug-likeness (QED) is 0.564. The van der Waals surface area contributed by atoms with Gasteiger partial charge in [0.15, 0.2) is 16.6 Å². The van der Waals surface area contributed by atoms with Crippen molar-refractivity contribution in [3.05, 3.63) is 41.8 Å². The molecule has 22 heavy (non-hydrogen) atoms. The molecule has 1 N–H and O–H groups in total. The zero-order chi connectivity index (χ0) is 14.5. The highest BCUT2D eigenvalue weighted by molar-refractivity contribution is 7.22. The first-order valence-corrected chi connectivity index (χ1v) is 8.49. The van der Waals surface area contributed by atoms with E-state index in [4.69, 9.17) is 9.47 Å². The highest BCUT2D eigenvalue weighted by atomic mass is 32.1. The molecule has 1 aliphatic heterocycles. The molecule has 1 aliphatic rings. The maximum Gasteiger partial charge on any atom is 0.231 e. The van der Waals surface area contributed by atoms with Crippen molar-refractivity contribution in [2.75, 3.05) is 12.1 Å². The number of ether oxygens (including phenoxy) is 2. The first-order chi connectivity index (χ1) is 10.8. The Morgan fingerprint density at radius 1 is 1.00 bits per heavy atom. The molecule has 108 valence electrons. The molecule has 4 nitrogen and oxygen atoms in total. The second-order valence-corrected chi connectivity index (χ2v) is 6.97. The van der Waals surface area contributed by atoms with E-state index in [0.29, 0.717) is 6.79 Å². The second-order valence-electron chi connectivity index (χ2n) is 4.99. The third-order valence-electron chi connectivity index (χ3n) is 3.59. The van der Waals surface area contributed by atoms with Gasteiger partial charge in [0, 0.05) is 22.5 Å². The molecule has 4 aromatic rings. The van der Waals surface area contributed by atoms with Crippen LogP contribution in [0.25, 0.3) is 20.3 Å². The first-order valence-electron chi connectivity index (χ1n) is 6.80. The smallest absolute Gasteiger partial charge is 0.231 e. The molecule has 0 unspecified atom stereocenters. The van der Waals surface area contributed by atoms with Crippen LogP contribution in [-0.2, 0) is 0 Å². The highest BCUT2D eigenvalue weighted by Crippen LogP contribution is 2.39. The summed E-state index contributed by atoms with van der Waals surface area (Å²) in [5.74, 6) is 1.56. The van der Waals surface area contributed by atoms with Crippen LogP contribution in [0.2, 0.25) is 0 Å². The number of aromatic nitrogens is 1. The topological polar surface area (TPSA) is 43.4 Å². The van der Waals surface area contributed by atoms with Crippen molar-refractivity contribution >= 4 is 53.8 Å². The van der Waals surface area contributed by atoms with Crippen molar-refractivity contribution in [1.29, 1.82) is 0 Å². The van der Waals surface area contributed by atoms with E-state index >= 15 is 0 Å². The van der Waals surface area contributed by atoms with Gasteiger partial charge in [-0.25, -0.2) is 4.98 Å². The molecule has 0 amide bonds. The normalized spacial score (nSPS) is 13.1. The Hall–Kier alpha value is -2.31. The average molecular weight is 326 g/mol. The molecule has 2 aromatic carbocycles. The maximum absolute atomic E-state index is 5.41. The molecule has 0 radical (unpaired) electrons. The van der Waals surface area contributed by atoms with E-state index in [2.05, 4.69) is 39.9 Å². The van der Waals surface area contributed by atoms with E-state index in [1.54, 1.807) is 22.7 Å². The molecule has 0 atom stereocenters. The lowest BCUT2D eigenvalue weighted by molar-refractivity contribution is 0.174. The van der Waals surface area contributed by atoms with Gasteiger partial charge in [0.2, 0.25) is 6.79 Å². The number of benzene rings is 2. The van der Waals surface area contributed by atoms with Gasteiger partial charge in [-0.1, -0.05) is 11.3 Å². The van der Waals surface area contributed by atoms with Crippen LogP contribution in [-0.4, -0.2) is 11.8 Å². The van der Waals surface area contributed by atoms with Gasteiger partial charge < -0.3 is 14.8 Å². The number of hydrogen-bond acceptors (Lipinski definition) is 6. The minimum Gasteiger partial charge on any atom is -0.454 e. The van der Waals surface area contributed by atoms with Gasteiger partial charge in [-0.05, 0) is 35.0 Å². The molecule has 0 spiro atoms. The molecule has 0 aliphatic carbocycles. The zero-order valence-electron chi connectivity index (χ0n) is 11.3. The Kier molecular flexibility index (Phi) is 2.56. The van der Waals surface area contributed by atoms with Crippen LogP contribution in [0.5, 0.6) is 11.5 Å². The first kappa shape index (κ1) is 12.3. The summed E-state index contributed by atoms with van der Waals surface area (Å²) in [4.78, 5) is 4.63. The van der Waals surface area contributed by atoms with Gasteiger partial charge in [0.05, 0.1) is 10.2 Å². The fourth-order valence-corrected chi connectivity index (χ4v) is 4.21. The van der Waals surface area contributed by atoms with Crippen LogP contribution in [0.15, 0.2) is 41.8 Å². The number of nitrogens with zero attached hydrogens (tertiary/aromatic N) is 1. The van der Waals surface area contributed by atoms with Crippen LogP contribution in [0.4, 0.5) is 10.8 Å². The molecule has 0 fully saturated rings. The summed E-state index contributed by atoms with van der Waals surface area (Å²) in [6.45, 7) is 0.290. The number of anilines is 2. The van der Waals surface area contributed by atoms with Crippen molar-refractivity contribution in [3.8, 4) is 11.5 Å². The third kappa shape index (κ3) is 1.92. The van der Waals surface area contributed by atoms with E-state index in [-0.39, 0.29) is 0 Å². The molecule has 5 rings (SSSR count). The highest BCUT2D eigenvalue weighted by Gasteiger charge is 2.16. The number of hydrogen-bond donors (Lipinski definition) is 1. The van der Waals surface area contributed by atoms with Crippen LogP contribution in [0.3, 0.4) is 0 Å². The number of fused-ring (bicyclic) bond motifs is 3. The van der Waals surface area contributed by atoms with E-state index in [1.165, 1.54) is 10.1 Å². The third-order valence-corrected chi connectivity index (χ3v) is 5.42. The van der Waals surface area contributed by atoms with Gasteiger partial charge in [0.25, 0.3) is 0 Å². The summed E-state index contributed by atoms with van der Waals surface area (Å²) in [5, 5.41) is 7.60. The van der Waals surface area contributed by atoms with E-state index in [1.807, 2.05) is 12.1 Å². The van der Waals surface area contributed by atoms with Gasteiger partial charge in [-0.15, -0.1) is 11.3 Å². The fraction of sp³-hybridized carbons (Fsp3) is 0.0625. The number of nitrogens with one attached hydrogen (secondary N) is 1. The predicted octanol–water partition coefficient (Wildman–Crippen LogP) is 4.98. The molecule has 0 saturated carbocycles. The minimum absolute atomic E-state index is 0.290. The molecule has 6 heteroatoms. The lowest BCUT2D eigenvalue weighted by atomic mass is 10.2. The van der Waals surface area contributed by atoms with Crippen molar-refractivity contribution in [2.24, 2.45) is 0 Å². The van der Waals surface area contributed by atoms with Crippen molar-refractivity contribution in [3.63, 3.8) is 0 Å². The van der Waals surface area contributed by atoms with Gasteiger partial charge >= 0.3 is 0 Å². The average Bonchev–Trinajstić information content (AvgIpc) is 3.22. The summed E-state index contributed by atoms with van der Waals surface area (Å²) in [6.07, 6.45) is 0. The summed E-state index contributed by atoms with van der Waals surface area (Å²) < 4.78 is 13.2. The van der Waals surface area contributed by atoms with E-state index < -0.39 is 0 Å². The van der Waals surface area contributed by atoms with Crippen LogP contribution < -0.4 is 14.8 Å². The molecule has 2 aromatic heterocycles. The van der Waals surface area contributed by atoms with Crippen molar-refractivity contribution in [1.82, 2.24) is 4.98 Å². The van der Waals surface area contributed by atoms with E-state index in [0.717, 1.165) is 32.5 Å². The zero-order valence-corrected chi connectivity index (χ0v) is 13.0. The SMILES string of the molecule is c1cc2cc(Nc3nc4cc5c(cc4s3)OCO5)ccc2s1. The largest absolute Gasteiger partial charge is 0.454 e. The Morgan fingerprint density at radius 2 is 1.91 bits per heavy atom. The fourth-order valence-electron chi connectivity index (χ4n) is 2.54. The Morgan fingerprint density at radius 3 is 2.86 bits per heavy atom. The van der Waals surface area contributed by atoms with Crippen molar-refractivity contribution < 1.29 is 9.47 Å². The monoisotopic (exact) mass is 326 g/mol. The molecule has 0 bridgehead atoms. The maximum atomic E-state index is 5.41. The van der Waals surface area contributed by atoms with Gasteiger partial charge in [-0.3, -0.25) is 0 Å². The number of thiazole rings is 1. The lowest BCUT2D eigenvalue weighted by Gasteiger charge is -2.01. The Labute approximate surface area is 133 Å². The van der Waals surface area contributed by atoms with Gasteiger partial charge in [0.1, 0.15) is 0 Å². The van der Waals surface area contributed by atoms with Crippen LogP contribution >= 0.6 is 22.7 Å². The van der Waals surface area contributed by atoms with E-state index in [9.17, 15) is 0 Å². The minimum atomic E-state index is 0.290.